The highest BCUT2D eigenvalue weighted by Gasteiger charge is 2.05. The lowest BCUT2D eigenvalue weighted by atomic mass is 10.2. The molecule has 0 aliphatic rings. The Kier molecular flexibility index (Phi) is 5.28. The van der Waals surface area contributed by atoms with Crippen LogP contribution in [0.15, 0.2) is 33.7 Å². The molecule has 0 bridgehead atoms. The van der Waals surface area contributed by atoms with Crippen LogP contribution in [0.1, 0.15) is 12.5 Å². The summed E-state index contributed by atoms with van der Waals surface area (Å²) in [5.41, 5.74) is 3.81. The van der Waals surface area contributed by atoms with E-state index in [1.165, 1.54) is 5.56 Å². The molecular weight excluding hydrogens is 268 g/mol. The lowest BCUT2D eigenvalue weighted by Crippen LogP contribution is -2.42. The summed E-state index contributed by atoms with van der Waals surface area (Å²) in [5, 5.41) is 0. The molecule has 0 saturated carbocycles. The lowest BCUT2D eigenvalue weighted by Gasteiger charge is -2.20. The van der Waals surface area contributed by atoms with Crippen molar-refractivity contribution in [3.63, 3.8) is 0 Å². The van der Waals surface area contributed by atoms with Gasteiger partial charge in [-0.05, 0) is 24.6 Å². The number of guanidine groups is 1. The molecule has 1 aromatic rings. The first-order valence-electron chi connectivity index (χ1n) is 5.14. The van der Waals surface area contributed by atoms with Crippen LogP contribution in [0.3, 0.4) is 0 Å². The Morgan fingerprint density at radius 2 is 2.31 bits per heavy atom. The van der Waals surface area contributed by atoms with Crippen molar-refractivity contribution in [3.05, 3.63) is 34.3 Å². The van der Waals surface area contributed by atoms with Crippen LogP contribution < -0.4 is 11.3 Å². The maximum absolute atomic E-state index is 5.41. The van der Waals surface area contributed by atoms with Gasteiger partial charge in [0.25, 0.3) is 0 Å². The molecule has 0 aliphatic heterocycles. The molecule has 4 nitrogen and oxygen atoms in total. The fourth-order valence-corrected chi connectivity index (χ4v) is 1.86. The van der Waals surface area contributed by atoms with Crippen LogP contribution in [-0.4, -0.2) is 24.5 Å². The first-order chi connectivity index (χ1) is 7.67. The second-order valence-corrected chi connectivity index (χ2v) is 4.34. The molecule has 0 spiro atoms. The molecule has 1 rings (SSSR count). The quantitative estimate of drug-likeness (QED) is 0.385. The second-order valence-electron chi connectivity index (χ2n) is 3.43. The molecule has 0 radical (unpaired) electrons. The van der Waals surface area contributed by atoms with Crippen molar-refractivity contribution in [2.75, 3.05) is 13.6 Å². The van der Waals surface area contributed by atoms with Crippen LogP contribution in [-0.2, 0) is 6.54 Å². The molecule has 5 heteroatoms. The average molecular weight is 285 g/mol. The van der Waals surface area contributed by atoms with Gasteiger partial charge in [0.2, 0.25) is 5.96 Å². The van der Waals surface area contributed by atoms with Gasteiger partial charge in [-0.2, -0.15) is 0 Å². The molecule has 0 aromatic heterocycles. The molecule has 3 N–H and O–H groups in total. The van der Waals surface area contributed by atoms with Crippen molar-refractivity contribution >= 4 is 21.9 Å². The molecule has 0 unspecified atom stereocenters. The summed E-state index contributed by atoms with van der Waals surface area (Å²) in [4.78, 5) is 6.23. The summed E-state index contributed by atoms with van der Waals surface area (Å²) in [6, 6.07) is 8.17. The van der Waals surface area contributed by atoms with Gasteiger partial charge in [0.05, 0.1) is 0 Å². The number of nitrogens with zero attached hydrogens (tertiary/aromatic N) is 2. The summed E-state index contributed by atoms with van der Waals surface area (Å²) in [6.45, 7) is 3.45. The predicted molar refractivity (Wildman–Crippen MR) is 70.9 cm³/mol. The Labute approximate surface area is 105 Å². The molecular formula is C11H17BrN4. The number of nitrogens with one attached hydrogen (secondary N) is 1. The highest BCUT2D eigenvalue weighted by molar-refractivity contribution is 9.10. The van der Waals surface area contributed by atoms with E-state index in [1.54, 1.807) is 0 Å². The third-order valence-corrected chi connectivity index (χ3v) is 2.60. The van der Waals surface area contributed by atoms with E-state index in [-0.39, 0.29) is 0 Å². The molecule has 1 aromatic carbocycles. The van der Waals surface area contributed by atoms with Gasteiger partial charge in [0, 0.05) is 24.6 Å². The SMILES string of the molecule is CCN=C(NN)N(C)Cc1cccc(Br)c1. The van der Waals surface area contributed by atoms with Crippen molar-refractivity contribution < 1.29 is 0 Å². The zero-order chi connectivity index (χ0) is 12.0. The lowest BCUT2D eigenvalue weighted by molar-refractivity contribution is 0.477. The zero-order valence-corrected chi connectivity index (χ0v) is 11.2. The molecule has 0 heterocycles. The van der Waals surface area contributed by atoms with Gasteiger partial charge < -0.3 is 4.90 Å². The minimum Gasteiger partial charge on any atom is -0.341 e. The van der Waals surface area contributed by atoms with Crippen LogP contribution in [0.4, 0.5) is 0 Å². The second kappa shape index (κ2) is 6.50. The summed E-state index contributed by atoms with van der Waals surface area (Å²) >= 11 is 3.45. The van der Waals surface area contributed by atoms with Gasteiger partial charge in [0.15, 0.2) is 0 Å². The molecule has 88 valence electrons. The summed E-state index contributed by atoms with van der Waals surface area (Å²) in [5.74, 6) is 6.11. The number of rotatable bonds is 3. The molecule has 16 heavy (non-hydrogen) atoms. The molecule has 0 atom stereocenters. The van der Waals surface area contributed by atoms with Crippen LogP contribution in [0, 0.1) is 0 Å². The maximum Gasteiger partial charge on any atom is 0.208 e. The third-order valence-electron chi connectivity index (χ3n) is 2.11. The Morgan fingerprint density at radius 1 is 1.56 bits per heavy atom. The van der Waals surface area contributed by atoms with E-state index in [1.807, 2.05) is 31.0 Å². The van der Waals surface area contributed by atoms with Crippen molar-refractivity contribution in [2.45, 2.75) is 13.5 Å². The Morgan fingerprint density at radius 3 is 2.88 bits per heavy atom. The fourth-order valence-electron chi connectivity index (χ4n) is 1.41. The van der Waals surface area contributed by atoms with E-state index in [9.17, 15) is 0 Å². The van der Waals surface area contributed by atoms with Crippen molar-refractivity contribution in [2.24, 2.45) is 10.8 Å². The number of hydrogen-bond acceptors (Lipinski definition) is 2. The van der Waals surface area contributed by atoms with Crippen LogP contribution in [0.5, 0.6) is 0 Å². The molecule has 0 fully saturated rings. The normalized spacial score (nSPS) is 11.4. The number of halogens is 1. The van der Waals surface area contributed by atoms with Gasteiger partial charge >= 0.3 is 0 Å². The first-order valence-corrected chi connectivity index (χ1v) is 5.93. The zero-order valence-electron chi connectivity index (χ0n) is 9.57. The number of hydrogen-bond donors (Lipinski definition) is 2. The van der Waals surface area contributed by atoms with Crippen molar-refractivity contribution in [3.8, 4) is 0 Å². The monoisotopic (exact) mass is 284 g/mol. The van der Waals surface area contributed by atoms with E-state index >= 15 is 0 Å². The van der Waals surface area contributed by atoms with Crippen LogP contribution in [0.25, 0.3) is 0 Å². The highest BCUT2D eigenvalue weighted by atomic mass is 79.9. The summed E-state index contributed by atoms with van der Waals surface area (Å²) in [6.07, 6.45) is 0. The molecule has 0 aliphatic carbocycles. The minimum atomic E-state index is 0.697. The van der Waals surface area contributed by atoms with Crippen molar-refractivity contribution in [1.29, 1.82) is 0 Å². The maximum atomic E-state index is 5.41. The largest absolute Gasteiger partial charge is 0.341 e. The minimum absolute atomic E-state index is 0.697. The third kappa shape index (κ3) is 3.83. The smallest absolute Gasteiger partial charge is 0.208 e. The fraction of sp³-hybridized carbons (Fsp3) is 0.364. The number of aliphatic imine (C=N–C) groups is 1. The number of hydrazine groups is 1. The van der Waals surface area contributed by atoms with Crippen LogP contribution >= 0.6 is 15.9 Å². The number of benzene rings is 1. The van der Waals surface area contributed by atoms with Gasteiger partial charge in [-0.1, -0.05) is 28.1 Å². The van der Waals surface area contributed by atoms with E-state index in [2.05, 4.69) is 38.5 Å². The van der Waals surface area contributed by atoms with Gasteiger partial charge in [-0.25, -0.2) is 5.84 Å². The van der Waals surface area contributed by atoms with E-state index < -0.39 is 0 Å². The Bertz CT molecular complexity index is 365. The van der Waals surface area contributed by atoms with Crippen molar-refractivity contribution in [1.82, 2.24) is 10.3 Å². The average Bonchev–Trinajstić information content (AvgIpc) is 2.25. The number of nitrogens with two attached hydrogens (primary N) is 1. The summed E-state index contributed by atoms with van der Waals surface area (Å²) in [7, 11) is 1.95. The first kappa shape index (κ1) is 13.0. The molecule has 0 saturated heterocycles. The molecule has 0 amide bonds. The van der Waals surface area contributed by atoms with Gasteiger partial charge in [0.1, 0.15) is 0 Å². The van der Waals surface area contributed by atoms with E-state index in [0.29, 0.717) is 12.5 Å². The van der Waals surface area contributed by atoms with Gasteiger partial charge in [-0.3, -0.25) is 10.4 Å². The van der Waals surface area contributed by atoms with E-state index in [4.69, 9.17) is 5.84 Å². The summed E-state index contributed by atoms with van der Waals surface area (Å²) < 4.78 is 1.08. The van der Waals surface area contributed by atoms with E-state index in [0.717, 1.165) is 11.0 Å². The Hall–Kier alpha value is -1.07. The van der Waals surface area contributed by atoms with Gasteiger partial charge in [-0.15, -0.1) is 0 Å². The standard InChI is InChI=1S/C11H17BrN4/c1-3-14-11(15-13)16(2)8-9-5-4-6-10(12)7-9/h4-7H,3,8,13H2,1-2H3,(H,14,15). The highest BCUT2D eigenvalue weighted by Crippen LogP contribution is 2.12. The topological polar surface area (TPSA) is 53.6 Å². The van der Waals surface area contributed by atoms with Crippen LogP contribution in [0.2, 0.25) is 0 Å². The Balaban J connectivity index is 2.70. The predicted octanol–water partition coefficient (Wildman–Crippen LogP) is 1.72.